The van der Waals surface area contributed by atoms with Crippen LogP contribution in [0.3, 0.4) is 0 Å². The average Bonchev–Trinajstić information content (AvgIpc) is 3.00. The van der Waals surface area contributed by atoms with E-state index in [9.17, 15) is 9.50 Å². The van der Waals surface area contributed by atoms with Gasteiger partial charge in [0.05, 0.1) is 18.0 Å². The molecular weight excluding hydrogens is 245 g/mol. The van der Waals surface area contributed by atoms with Crippen molar-refractivity contribution in [2.45, 2.75) is 19.1 Å². The van der Waals surface area contributed by atoms with Crippen molar-refractivity contribution in [1.82, 2.24) is 15.1 Å². The number of H-pyrrole nitrogens is 1. The van der Waals surface area contributed by atoms with Crippen LogP contribution in [0.4, 0.5) is 4.39 Å². The van der Waals surface area contributed by atoms with E-state index in [1.54, 1.807) is 18.3 Å². The maximum atomic E-state index is 12.9. The van der Waals surface area contributed by atoms with Crippen LogP contribution in [0.2, 0.25) is 0 Å². The number of nitrogens with one attached hydrogen (secondary N) is 1. The predicted octanol–water partition coefficient (Wildman–Crippen LogP) is 1.78. The standard InChI is InChI=1S/C14H16FN3O/c15-12-3-1-10(2-4-12)14-11(7-16-17-14)8-18-6-5-13(19)9-18/h1-4,7,13,19H,5-6,8-9H2,(H,16,17)/t13-/m1/s1. The molecule has 0 amide bonds. The van der Waals surface area contributed by atoms with Crippen LogP contribution < -0.4 is 0 Å². The lowest BCUT2D eigenvalue weighted by molar-refractivity contribution is 0.175. The van der Waals surface area contributed by atoms with Gasteiger partial charge in [0.25, 0.3) is 0 Å². The molecule has 0 spiro atoms. The Bertz CT molecular complexity index is 552. The highest BCUT2D eigenvalue weighted by Crippen LogP contribution is 2.23. The van der Waals surface area contributed by atoms with Gasteiger partial charge in [-0.3, -0.25) is 10.00 Å². The zero-order valence-electron chi connectivity index (χ0n) is 10.5. The smallest absolute Gasteiger partial charge is 0.123 e. The minimum Gasteiger partial charge on any atom is -0.392 e. The number of aliphatic hydroxyl groups excluding tert-OH is 1. The Labute approximate surface area is 110 Å². The summed E-state index contributed by atoms with van der Waals surface area (Å²) in [6, 6.07) is 6.37. The molecule has 5 heteroatoms. The first kappa shape index (κ1) is 12.3. The third kappa shape index (κ3) is 2.67. The van der Waals surface area contributed by atoms with Gasteiger partial charge in [-0.25, -0.2) is 4.39 Å². The highest BCUT2D eigenvalue weighted by atomic mass is 19.1. The van der Waals surface area contributed by atoms with Gasteiger partial charge in [-0.05, 0) is 30.7 Å². The van der Waals surface area contributed by atoms with Gasteiger partial charge in [-0.2, -0.15) is 5.10 Å². The van der Waals surface area contributed by atoms with Crippen molar-refractivity contribution < 1.29 is 9.50 Å². The Morgan fingerprint density at radius 2 is 2.16 bits per heavy atom. The second kappa shape index (κ2) is 5.11. The summed E-state index contributed by atoms with van der Waals surface area (Å²) >= 11 is 0. The lowest BCUT2D eigenvalue weighted by atomic mass is 10.1. The fourth-order valence-corrected chi connectivity index (χ4v) is 2.49. The molecule has 3 rings (SSSR count). The van der Waals surface area contributed by atoms with Gasteiger partial charge < -0.3 is 5.11 Å². The Balaban J connectivity index is 1.80. The van der Waals surface area contributed by atoms with Crippen molar-refractivity contribution in [3.8, 4) is 11.3 Å². The Kier molecular flexibility index (Phi) is 3.31. The first-order valence-corrected chi connectivity index (χ1v) is 6.41. The Morgan fingerprint density at radius 1 is 1.37 bits per heavy atom. The molecular formula is C14H16FN3O. The number of β-amino-alcohol motifs (C(OH)–C–C–N with tert-alkyl or cyclic N) is 1. The normalized spacial score (nSPS) is 20.0. The van der Waals surface area contributed by atoms with Crippen LogP contribution in [0, 0.1) is 5.82 Å². The number of nitrogens with zero attached hydrogens (tertiary/aromatic N) is 2. The molecule has 0 bridgehead atoms. The zero-order valence-corrected chi connectivity index (χ0v) is 10.5. The second-order valence-electron chi connectivity index (χ2n) is 4.95. The summed E-state index contributed by atoms with van der Waals surface area (Å²) in [6.07, 6.45) is 2.40. The van der Waals surface area contributed by atoms with E-state index in [1.165, 1.54) is 12.1 Å². The fraction of sp³-hybridized carbons (Fsp3) is 0.357. The summed E-state index contributed by atoms with van der Waals surface area (Å²) in [4.78, 5) is 2.20. The van der Waals surface area contributed by atoms with Crippen LogP contribution >= 0.6 is 0 Å². The number of aromatic nitrogens is 2. The Morgan fingerprint density at radius 3 is 2.84 bits per heavy atom. The van der Waals surface area contributed by atoms with E-state index in [4.69, 9.17) is 0 Å². The molecule has 0 radical (unpaired) electrons. The zero-order chi connectivity index (χ0) is 13.2. The molecule has 1 aliphatic heterocycles. The van der Waals surface area contributed by atoms with Crippen LogP contribution in [0.15, 0.2) is 30.5 Å². The quantitative estimate of drug-likeness (QED) is 0.885. The first-order chi connectivity index (χ1) is 9.22. The lowest BCUT2D eigenvalue weighted by Gasteiger charge is -2.14. The molecule has 2 N–H and O–H groups in total. The van der Waals surface area contributed by atoms with E-state index in [1.807, 2.05) is 0 Å². The van der Waals surface area contributed by atoms with Crippen molar-refractivity contribution in [1.29, 1.82) is 0 Å². The maximum absolute atomic E-state index is 12.9. The Hall–Kier alpha value is -1.72. The lowest BCUT2D eigenvalue weighted by Crippen LogP contribution is -2.21. The molecule has 100 valence electrons. The molecule has 0 aliphatic carbocycles. The molecule has 2 aromatic rings. The summed E-state index contributed by atoms with van der Waals surface area (Å²) in [6.45, 7) is 2.35. The van der Waals surface area contributed by atoms with E-state index >= 15 is 0 Å². The minimum atomic E-state index is -0.243. The summed E-state index contributed by atoms with van der Waals surface area (Å²) in [7, 11) is 0. The van der Waals surface area contributed by atoms with Gasteiger partial charge in [0.2, 0.25) is 0 Å². The number of halogens is 1. The van der Waals surface area contributed by atoms with E-state index in [0.717, 1.165) is 36.3 Å². The van der Waals surface area contributed by atoms with Gasteiger partial charge >= 0.3 is 0 Å². The van der Waals surface area contributed by atoms with Crippen molar-refractivity contribution in [3.05, 3.63) is 41.8 Å². The largest absolute Gasteiger partial charge is 0.392 e. The van der Waals surface area contributed by atoms with Gasteiger partial charge in [-0.15, -0.1) is 0 Å². The molecule has 0 saturated carbocycles. The van der Waals surface area contributed by atoms with Crippen molar-refractivity contribution >= 4 is 0 Å². The van der Waals surface area contributed by atoms with Crippen molar-refractivity contribution in [2.24, 2.45) is 0 Å². The third-order valence-electron chi connectivity index (χ3n) is 3.49. The number of hydrogen-bond donors (Lipinski definition) is 2. The topological polar surface area (TPSA) is 52.1 Å². The molecule has 2 heterocycles. The van der Waals surface area contributed by atoms with E-state index in [2.05, 4.69) is 15.1 Å². The minimum absolute atomic E-state index is 0.221. The molecule has 1 atom stereocenters. The highest BCUT2D eigenvalue weighted by molar-refractivity contribution is 5.62. The first-order valence-electron chi connectivity index (χ1n) is 6.41. The van der Waals surface area contributed by atoms with Gasteiger partial charge in [-0.1, -0.05) is 0 Å². The average molecular weight is 261 g/mol. The van der Waals surface area contributed by atoms with Crippen molar-refractivity contribution in [3.63, 3.8) is 0 Å². The highest BCUT2D eigenvalue weighted by Gasteiger charge is 2.21. The van der Waals surface area contributed by atoms with Crippen molar-refractivity contribution in [2.75, 3.05) is 13.1 Å². The van der Waals surface area contributed by atoms with Gasteiger partial charge in [0.15, 0.2) is 0 Å². The van der Waals surface area contributed by atoms with Crippen LogP contribution in [0.1, 0.15) is 12.0 Å². The molecule has 1 aromatic heterocycles. The van der Waals surface area contributed by atoms with Gasteiger partial charge in [0, 0.05) is 30.8 Å². The number of likely N-dealkylation sites (tertiary alicyclic amines) is 1. The SMILES string of the molecule is O[C@@H]1CCN(Cc2cn[nH]c2-c2ccc(F)cc2)C1. The predicted molar refractivity (Wildman–Crippen MR) is 69.9 cm³/mol. The van der Waals surface area contributed by atoms with E-state index in [0.29, 0.717) is 6.54 Å². The van der Waals surface area contributed by atoms with E-state index in [-0.39, 0.29) is 11.9 Å². The molecule has 1 aliphatic rings. The number of aliphatic hydroxyl groups is 1. The summed E-state index contributed by atoms with van der Waals surface area (Å²) < 4.78 is 12.9. The van der Waals surface area contributed by atoms with Crippen LogP contribution in [-0.2, 0) is 6.54 Å². The van der Waals surface area contributed by atoms with Crippen LogP contribution in [0.25, 0.3) is 11.3 Å². The molecule has 0 unspecified atom stereocenters. The van der Waals surface area contributed by atoms with Gasteiger partial charge in [0.1, 0.15) is 5.82 Å². The summed E-state index contributed by atoms with van der Waals surface area (Å²) in [5.41, 5.74) is 2.91. The number of hydrogen-bond acceptors (Lipinski definition) is 3. The molecule has 1 aromatic carbocycles. The number of benzene rings is 1. The summed E-state index contributed by atoms with van der Waals surface area (Å²) in [5, 5.41) is 16.6. The van der Waals surface area contributed by atoms with E-state index < -0.39 is 0 Å². The second-order valence-corrected chi connectivity index (χ2v) is 4.95. The third-order valence-corrected chi connectivity index (χ3v) is 3.49. The number of aromatic amines is 1. The molecule has 4 nitrogen and oxygen atoms in total. The fourth-order valence-electron chi connectivity index (χ4n) is 2.49. The molecule has 19 heavy (non-hydrogen) atoms. The summed E-state index contributed by atoms with van der Waals surface area (Å²) in [5.74, 6) is -0.243. The maximum Gasteiger partial charge on any atom is 0.123 e. The molecule has 1 fully saturated rings. The monoisotopic (exact) mass is 261 g/mol. The number of rotatable bonds is 3. The van der Waals surface area contributed by atoms with Crippen LogP contribution in [0.5, 0.6) is 0 Å². The van der Waals surface area contributed by atoms with Crippen LogP contribution in [-0.4, -0.2) is 39.4 Å². The molecule has 1 saturated heterocycles.